The quantitative estimate of drug-likeness (QED) is 0.870. The molecule has 2 aromatic rings. The number of benzene rings is 2. The third-order valence-electron chi connectivity index (χ3n) is 3.15. The first-order chi connectivity index (χ1) is 9.58. The third kappa shape index (κ3) is 4.05. The summed E-state index contributed by atoms with van der Waals surface area (Å²) in [6.07, 6.45) is 0. The Hall–Kier alpha value is -1.39. The summed E-state index contributed by atoms with van der Waals surface area (Å²) in [6, 6.07) is 13.0. The van der Waals surface area contributed by atoms with Crippen LogP contribution in [0.15, 0.2) is 46.9 Å². The average molecular weight is 338 g/mol. The van der Waals surface area contributed by atoms with E-state index in [0.29, 0.717) is 6.54 Å². The lowest BCUT2D eigenvalue weighted by Gasteiger charge is -2.15. The Bertz CT molecular complexity index is 551. The first-order valence-corrected chi connectivity index (χ1v) is 7.20. The largest absolute Gasteiger partial charge is 0.497 e. The first-order valence-electron chi connectivity index (χ1n) is 6.41. The van der Waals surface area contributed by atoms with E-state index in [4.69, 9.17) is 4.74 Å². The Kier molecular flexibility index (Phi) is 5.15. The van der Waals surface area contributed by atoms with Crippen molar-refractivity contribution < 1.29 is 9.13 Å². The van der Waals surface area contributed by atoms with E-state index in [2.05, 4.69) is 28.2 Å². The number of rotatable bonds is 5. The van der Waals surface area contributed by atoms with E-state index in [0.717, 1.165) is 15.8 Å². The van der Waals surface area contributed by atoms with Crippen molar-refractivity contribution in [1.82, 2.24) is 5.32 Å². The van der Waals surface area contributed by atoms with Crippen molar-refractivity contribution in [3.8, 4) is 5.75 Å². The van der Waals surface area contributed by atoms with E-state index < -0.39 is 0 Å². The molecule has 106 valence electrons. The summed E-state index contributed by atoms with van der Waals surface area (Å²) in [5, 5.41) is 3.38. The Morgan fingerprint density at radius 3 is 2.50 bits per heavy atom. The molecule has 2 rings (SSSR count). The van der Waals surface area contributed by atoms with Gasteiger partial charge < -0.3 is 10.1 Å². The Balaban J connectivity index is 1.98. The number of methoxy groups -OCH3 is 1. The van der Waals surface area contributed by atoms with Gasteiger partial charge in [0.1, 0.15) is 11.6 Å². The van der Waals surface area contributed by atoms with Gasteiger partial charge in [0.05, 0.1) is 7.11 Å². The minimum atomic E-state index is -0.228. The summed E-state index contributed by atoms with van der Waals surface area (Å²) in [7, 11) is 1.65. The minimum Gasteiger partial charge on any atom is -0.497 e. The predicted molar refractivity (Wildman–Crippen MR) is 82.3 cm³/mol. The second-order valence-electron chi connectivity index (χ2n) is 4.65. The molecule has 0 spiro atoms. The van der Waals surface area contributed by atoms with Crippen molar-refractivity contribution in [2.24, 2.45) is 0 Å². The normalized spacial score (nSPS) is 12.2. The van der Waals surface area contributed by atoms with E-state index in [9.17, 15) is 4.39 Å². The van der Waals surface area contributed by atoms with E-state index >= 15 is 0 Å². The monoisotopic (exact) mass is 337 g/mol. The van der Waals surface area contributed by atoms with Gasteiger partial charge >= 0.3 is 0 Å². The lowest BCUT2D eigenvalue weighted by molar-refractivity contribution is 0.414. The van der Waals surface area contributed by atoms with Crippen LogP contribution in [0.3, 0.4) is 0 Å². The van der Waals surface area contributed by atoms with Crippen LogP contribution in [0.4, 0.5) is 4.39 Å². The second kappa shape index (κ2) is 6.86. The van der Waals surface area contributed by atoms with Crippen LogP contribution in [0.25, 0.3) is 0 Å². The summed E-state index contributed by atoms with van der Waals surface area (Å²) in [5.41, 5.74) is 2.08. The van der Waals surface area contributed by atoms with Crippen molar-refractivity contribution in [2.45, 2.75) is 19.5 Å². The van der Waals surface area contributed by atoms with Gasteiger partial charge in [0.2, 0.25) is 0 Å². The molecular weight excluding hydrogens is 321 g/mol. The molecule has 0 aliphatic rings. The van der Waals surface area contributed by atoms with Crippen molar-refractivity contribution in [1.29, 1.82) is 0 Å². The lowest BCUT2D eigenvalue weighted by Crippen LogP contribution is -2.18. The molecular formula is C16H17BrFNO. The number of hydrogen-bond donors (Lipinski definition) is 1. The fourth-order valence-corrected chi connectivity index (χ4v) is 2.51. The van der Waals surface area contributed by atoms with Gasteiger partial charge in [-0.2, -0.15) is 0 Å². The summed E-state index contributed by atoms with van der Waals surface area (Å²) in [5.74, 6) is 0.614. The van der Waals surface area contributed by atoms with Crippen LogP contribution >= 0.6 is 15.9 Å². The number of nitrogens with one attached hydrogen (secondary N) is 1. The summed E-state index contributed by atoms with van der Waals surface area (Å²) >= 11 is 3.30. The SMILES string of the molecule is COc1ccc([C@@H](C)NCc2cc(F)cc(Br)c2)cc1. The fraction of sp³-hybridized carbons (Fsp3) is 0.250. The molecule has 0 saturated heterocycles. The van der Waals surface area contributed by atoms with Gasteiger partial charge in [0.15, 0.2) is 0 Å². The molecule has 0 unspecified atom stereocenters. The van der Waals surface area contributed by atoms with Crippen molar-refractivity contribution in [2.75, 3.05) is 7.11 Å². The van der Waals surface area contributed by atoms with E-state index in [1.165, 1.54) is 11.6 Å². The smallest absolute Gasteiger partial charge is 0.124 e. The zero-order valence-electron chi connectivity index (χ0n) is 11.5. The van der Waals surface area contributed by atoms with Crippen molar-refractivity contribution >= 4 is 15.9 Å². The van der Waals surface area contributed by atoms with Crippen LogP contribution in [0.5, 0.6) is 5.75 Å². The molecule has 0 aliphatic heterocycles. The third-order valence-corrected chi connectivity index (χ3v) is 3.61. The molecule has 2 aromatic carbocycles. The number of ether oxygens (including phenoxy) is 1. The Labute approximate surface area is 127 Å². The van der Waals surface area contributed by atoms with Gasteiger partial charge in [0, 0.05) is 17.1 Å². The van der Waals surface area contributed by atoms with Gasteiger partial charge in [-0.05, 0) is 48.4 Å². The summed E-state index contributed by atoms with van der Waals surface area (Å²) in [6.45, 7) is 2.69. The molecule has 0 aliphatic carbocycles. The molecule has 4 heteroatoms. The maximum Gasteiger partial charge on any atom is 0.124 e. The lowest BCUT2D eigenvalue weighted by atomic mass is 10.1. The molecule has 0 bridgehead atoms. The highest BCUT2D eigenvalue weighted by Crippen LogP contribution is 2.19. The van der Waals surface area contributed by atoms with Gasteiger partial charge in [-0.1, -0.05) is 28.1 Å². The maximum atomic E-state index is 13.3. The zero-order chi connectivity index (χ0) is 14.5. The minimum absolute atomic E-state index is 0.183. The van der Waals surface area contributed by atoms with Crippen molar-refractivity contribution in [3.05, 3.63) is 63.9 Å². The summed E-state index contributed by atoms with van der Waals surface area (Å²) in [4.78, 5) is 0. The van der Waals surface area contributed by atoms with Crippen LogP contribution in [0.2, 0.25) is 0 Å². The van der Waals surface area contributed by atoms with Crippen LogP contribution < -0.4 is 10.1 Å². The molecule has 0 heterocycles. The second-order valence-corrected chi connectivity index (χ2v) is 5.57. The molecule has 0 saturated carbocycles. The molecule has 0 fully saturated rings. The number of hydrogen-bond acceptors (Lipinski definition) is 2. The van der Waals surface area contributed by atoms with Gasteiger partial charge in [-0.15, -0.1) is 0 Å². The van der Waals surface area contributed by atoms with Crippen LogP contribution in [-0.4, -0.2) is 7.11 Å². The topological polar surface area (TPSA) is 21.3 Å². The van der Waals surface area contributed by atoms with E-state index in [-0.39, 0.29) is 11.9 Å². The highest BCUT2D eigenvalue weighted by Gasteiger charge is 2.06. The van der Waals surface area contributed by atoms with Gasteiger partial charge in [0.25, 0.3) is 0 Å². The van der Waals surface area contributed by atoms with Crippen LogP contribution in [0.1, 0.15) is 24.1 Å². The Morgan fingerprint density at radius 2 is 1.90 bits per heavy atom. The van der Waals surface area contributed by atoms with Crippen LogP contribution in [-0.2, 0) is 6.54 Å². The van der Waals surface area contributed by atoms with E-state index in [1.54, 1.807) is 13.2 Å². The zero-order valence-corrected chi connectivity index (χ0v) is 13.1. The molecule has 0 amide bonds. The standard InChI is InChI=1S/C16H17BrFNO/c1-11(13-3-5-16(20-2)6-4-13)19-10-12-7-14(17)9-15(18)8-12/h3-9,11,19H,10H2,1-2H3/t11-/m1/s1. The first kappa shape index (κ1) is 15.0. The highest BCUT2D eigenvalue weighted by atomic mass is 79.9. The fourth-order valence-electron chi connectivity index (χ4n) is 1.99. The Morgan fingerprint density at radius 1 is 1.20 bits per heavy atom. The van der Waals surface area contributed by atoms with E-state index in [1.807, 2.05) is 30.3 Å². The van der Waals surface area contributed by atoms with Gasteiger partial charge in [-0.25, -0.2) is 4.39 Å². The highest BCUT2D eigenvalue weighted by molar-refractivity contribution is 9.10. The molecule has 0 radical (unpaired) electrons. The average Bonchev–Trinajstić information content (AvgIpc) is 2.44. The molecule has 2 nitrogen and oxygen atoms in total. The molecule has 1 N–H and O–H groups in total. The molecule has 20 heavy (non-hydrogen) atoms. The van der Waals surface area contributed by atoms with Gasteiger partial charge in [-0.3, -0.25) is 0 Å². The maximum absolute atomic E-state index is 13.3. The molecule has 0 aromatic heterocycles. The molecule has 1 atom stereocenters. The predicted octanol–water partition coefficient (Wildman–Crippen LogP) is 4.45. The van der Waals surface area contributed by atoms with Crippen LogP contribution in [0, 0.1) is 5.82 Å². The van der Waals surface area contributed by atoms with Crippen molar-refractivity contribution in [3.63, 3.8) is 0 Å². The summed E-state index contributed by atoms with van der Waals surface area (Å²) < 4.78 is 19.2. The number of halogens is 2.